The van der Waals surface area contributed by atoms with Crippen molar-refractivity contribution in [1.29, 1.82) is 0 Å². The molecule has 1 aromatic rings. The zero-order valence-electron chi connectivity index (χ0n) is 11.2. The van der Waals surface area contributed by atoms with Crippen LogP contribution in [-0.4, -0.2) is 56.0 Å². The molecule has 0 spiro atoms. The number of ether oxygens (including phenoxy) is 1. The van der Waals surface area contributed by atoms with Gasteiger partial charge < -0.3 is 20.5 Å². The molecule has 1 aromatic carbocycles. The fourth-order valence-corrected chi connectivity index (χ4v) is 1.82. The van der Waals surface area contributed by atoms with E-state index in [0.717, 1.165) is 12.1 Å². The Bertz CT molecular complexity index is 319. The first-order valence-corrected chi connectivity index (χ1v) is 6.28. The molecule has 3 N–H and O–H groups in total. The summed E-state index contributed by atoms with van der Waals surface area (Å²) in [6.07, 6.45) is 0.173. The molecule has 2 unspecified atom stereocenters. The van der Waals surface area contributed by atoms with Crippen LogP contribution in [-0.2, 0) is 11.2 Å². The van der Waals surface area contributed by atoms with Gasteiger partial charge in [-0.3, -0.25) is 0 Å². The van der Waals surface area contributed by atoms with Crippen molar-refractivity contribution in [3.8, 4) is 0 Å². The second kappa shape index (κ2) is 8.21. The lowest BCUT2D eigenvalue weighted by molar-refractivity contribution is 0.0862. The third-order valence-electron chi connectivity index (χ3n) is 2.98. The van der Waals surface area contributed by atoms with Crippen LogP contribution in [0.15, 0.2) is 30.3 Å². The number of nitrogens with two attached hydrogens (primary N) is 1. The van der Waals surface area contributed by atoms with Crippen LogP contribution in [0.1, 0.15) is 5.56 Å². The lowest BCUT2D eigenvalue weighted by atomic mass is 10.0. The molecule has 4 heteroatoms. The molecule has 1 rings (SSSR count). The Balaban J connectivity index is 2.34. The molecular weight excluding hydrogens is 228 g/mol. The van der Waals surface area contributed by atoms with Gasteiger partial charge in [-0.05, 0) is 19.0 Å². The van der Waals surface area contributed by atoms with Crippen molar-refractivity contribution in [3.63, 3.8) is 0 Å². The zero-order chi connectivity index (χ0) is 13.4. The highest BCUT2D eigenvalue weighted by atomic mass is 16.5. The van der Waals surface area contributed by atoms with Crippen LogP contribution in [0.3, 0.4) is 0 Å². The van der Waals surface area contributed by atoms with Gasteiger partial charge in [0.1, 0.15) is 0 Å². The molecule has 0 bridgehead atoms. The zero-order valence-corrected chi connectivity index (χ0v) is 11.2. The number of aliphatic hydroxyl groups excluding tert-OH is 1. The van der Waals surface area contributed by atoms with E-state index in [0.29, 0.717) is 19.6 Å². The fraction of sp³-hybridized carbons (Fsp3) is 0.571. The van der Waals surface area contributed by atoms with Crippen LogP contribution in [0.25, 0.3) is 0 Å². The summed E-state index contributed by atoms with van der Waals surface area (Å²) in [7, 11) is 3.63. The van der Waals surface area contributed by atoms with Crippen LogP contribution >= 0.6 is 0 Å². The van der Waals surface area contributed by atoms with Crippen molar-refractivity contribution in [2.24, 2.45) is 5.73 Å². The lowest BCUT2D eigenvalue weighted by Crippen LogP contribution is -2.44. The van der Waals surface area contributed by atoms with Gasteiger partial charge in [-0.15, -0.1) is 0 Å². The van der Waals surface area contributed by atoms with Crippen LogP contribution in [0.2, 0.25) is 0 Å². The van der Waals surface area contributed by atoms with E-state index in [9.17, 15) is 5.11 Å². The van der Waals surface area contributed by atoms with Gasteiger partial charge in [0, 0.05) is 26.2 Å². The maximum Gasteiger partial charge on any atom is 0.0820 e. The normalized spacial score (nSPS) is 14.7. The molecule has 0 fully saturated rings. The van der Waals surface area contributed by atoms with Crippen LogP contribution < -0.4 is 5.73 Å². The van der Waals surface area contributed by atoms with Gasteiger partial charge in [-0.1, -0.05) is 30.3 Å². The third-order valence-corrected chi connectivity index (χ3v) is 2.98. The van der Waals surface area contributed by atoms with Gasteiger partial charge in [0.15, 0.2) is 0 Å². The maximum atomic E-state index is 10.0. The number of rotatable bonds is 8. The van der Waals surface area contributed by atoms with Crippen LogP contribution in [0.5, 0.6) is 0 Å². The predicted octanol–water partition coefficient (Wildman–Crippen LogP) is 0.496. The van der Waals surface area contributed by atoms with Gasteiger partial charge in [0.25, 0.3) is 0 Å². The van der Waals surface area contributed by atoms with Crippen LogP contribution in [0.4, 0.5) is 0 Å². The van der Waals surface area contributed by atoms with E-state index in [4.69, 9.17) is 10.5 Å². The smallest absolute Gasteiger partial charge is 0.0820 e. The van der Waals surface area contributed by atoms with E-state index >= 15 is 0 Å². The maximum absolute atomic E-state index is 10.0. The summed E-state index contributed by atoms with van der Waals surface area (Å²) in [5.74, 6) is 0. The molecule has 0 aromatic heterocycles. The first-order valence-electron chi connectivity index (χ1n) is 6.28. The van der Waals surface area contributed by atoms with Gasteiger partial charge in [0.05, 0.1) is 12.7 Å². The van der Waals surface area contributed by atoms with Crippen molar-refractivity contribution in [3.05, 3.63) is 35.9 Å². The van der Waals surface area contributed by atoms with E-state index < -0.39 is 6.10 Å². The first-order chi connectivity index (χ1) is 8.63. The standard InChI is InChI=1S/C14H24N2O2/c1-16(8-9-18-2)11-14(17)13(15)10-12-6-4-3-5-7-12/h3-7,13-14,17H,8-11,15H2,1-2H3. The van der Waals surface area contributed by atoms with E-state index in [1.807, 2.05) is 42.3 Å². The molecule has 0 aliphatic heterocycles. The summed E-state index contributed by atoms with van der Waals surface area (Å²) >= 11 is 0. The van der Waals surface area contributed by atoms with Gasteiger partial charge in [0.2, 0.25) is 0 Å². The minimum absolute atomic E-state index is 0.239. The predicted molar refractivity (Wildman–Crippen MR) is 73.5 cm³/mol. The number of nitrogens with zero attached hydrogens (tertiary/aromatic N) is 1. The summed E-state index contributed by atoms with van der Waals surface area (Å²) in [6, 6.07) is 9.77. The molecule has 0 aliphatic rings. The van der Waals surface area contributed by atoms with Gasteiger partial charge in [-0.2, -0.15) is 0 Å². The molecule has 0 aliphatic carbocycles. The van der Waals surface area contributed by atoms with Crippen molar-refractivity contribution >= 4 is 0 Å². The Hall–Kier alpha value is -0.940. The molecule has 0 saturated heterocycles. The molecule has 4 nitrogen and oxygen atoms in total. The SMILES string of the molecule is COCCN(C)CC(O)C(N)Cc1ccccc1. The number of benzene rings is 1. The highest BCUT2D eigenvalue weighted by Crippen LogP contribution is 2.05. The minimum Gasteiger partial charge on any atom is -0.390 e. The lowest BCUT2D eigenvalue weighted by Gasteiger charge is -2.24. The molecule has 18 heavy (non-hydrogen) atoms. The third kappa shape index (κ3) is 5.60. The van der Waals surface area contributed by atoms with Crippen molar-refractivity contribution < 1.29 is 9.84 Å². The van der Waals surface area contributed by atoms with E-state index in [1.54, 1.807) is 7.11 Å². The molecule has 102 valence electrons. The first kappa shape index (κ1) is 15.1. The Morgan fingerprint density at radius 1 is 1.33 bits per heavy atom. The van der Waals surface area contributed by atoms with Gasteiger partial charge in [-0.25, -0.2) is 0 Å². The Morgan fingerprint density at radius 3 is 2.61 bits per heavy atom. The number of methoxy groups -OCH3 is 1. The molecule has 0 heterocycles. The number of hydrogen-bond acceptors (Lipinski definition) is 4. The number of hydrogen-bond donors (Lipinski definition) is 2. The summed E-state index contributed by atoms with van der Waals surface area (Å²) in [6.45, 7) is 2.03. The van der Waals surface area contributed by atoms with Crippen molar-refractivity contribution in [1.82, 2.24) is 4.90 Å². The Morgan fingerprint density at radius 2 is 2.00 bits per heavy atom. The average molecular weight is 252 g/mol. The molecular formula is C14H24N2O2. The molecule has 0 amide bonds. The average Bonchev–Trinajstić information content (AvgIpc) is 2.37. The van der Waals surface area contributed by atoms with Crippen molar-refractivity contribution in [2.75, 3.05) is 33.9 Å². The minimum atomic E-state index is -0.521. The molecule has 0 saturated carbocycles. The fourth-order valence-electron chi connectivity index (χ4n) is 1.82. The summed E-state index contributed by atoms with van der Waals surface area (Å²) in [4.78, 5) is 2.03. The van der Waals surface area contributed by atoms with E-state index in [2.05, 4.69) is 0 Å². The monoisotopic (exact) mass is 252 g/mol. The highest BCUT2D eigenvalue weighted by molar-refractivity contribution is 5.16. The van der Waals surface area contributed by atoms with E-state index in [-0.39, 0.29) is 6.04 Å². The Labute approximate surface area is 109 Å². The number of aliphatic hydroxyl groups is 1. The van der Waals surface area contributed by atoms with Crippen molar-refractivity contribution in [2.45, 2.75) is 18.6 Å². The quantitative estimate of drug-likeness (QED) is 0.707. The second-order valence-corrected chi connectivity index (χ2v) is 4.68. The Kier molecular flexibility index (Phi) is 6.90. The summed E-state index contributed by atoms with van der Waals surface area (Å²) < 4.78 is 5.00. The largest absolute Gasteiger partial charge is 0.390 e. The molecule has 0 radical (unpaired) electrons. The summed E-state index contributed by atoms with van der Waals surface area (Å²) in [5.41, 5.74) is 7.17. The molecule has 2 atom stereocenters. The topological polar surface area (TPSA) is 58.7 Å². The van der Waals surface area contributed by atoms with Crippen LogP contribution in [0, 0.1) is 0 Å². The highest BCUT2D eigenvalue weighted by Gasteiger charge is 2.16. The van der Waals surface area contributed by atoms with Gasteiger partial charge >= 0.3 is 0 Å². The number of likely N-dealkylation sites (N-methyl/N-ethyl adjacent to an activating group) is 1. The van der Waals surface area contributed by atoms with E-state index in [1.165, 1.54) is 0 Å². The second-order valence-electron chi connectivity index (χ2n) is 4.68. The summed E-state index contributed by atoms with van der Waals surface area (Å²) in [5, 5.41) is 10.0.